The van der Waals surface area contributed by atoms with Gasteiger partial charge in [-0.25, -0.2) is 4.39 Å². The minimum Gasteiger partial charge on any atom is -0.457 e. The van der Waals surface area contributed by atoms with E-state index in [-0.39, 0.29) is 23.4 Å². The molecular weight excluding hydrogens is 381 g/mol. The third-order valence-electron chi connectivity index (χ3n) is 5.39. The highest BCUT2D eigenvalue weighted by atomic mass is 19.1. The number of piperidine rings is 1. The van der Waals surface area contributed by atoms with E-state index < -0.39 is 0 Å². The van der Waals surface area contributed by atoms with Crippen LogP contribution in [0.25, 0.3) is 17.4 Å². The van der Waals surface area contributed by atoms with Gasteiger partial charge in [-0.05, 0) is 43.2 Å². The van der Waals surface area contributed by atoms with Crippen molar-refractivity contribution in [3.05, 3.63) is 89.9 Å². The van der Waals surface area contributed by atoms with Gasteiger partial charge < -0.3 is 9.32 Å². The van der Waals surface area contributed by atoms with Crippen molar-refractivity contribution >= 4 is 17.8 Å². The molecule has 0 aliphatic carbocycles. The zero-order valence-corrected chi connectivity index (χ0v) is 16.5. The van der Waals surface area contributed by atoms with Crippen LogP contribution in [0.5, 0.6) is 0 Å². The molecule has 4 nitrogen and oxygen atoms in total. The van der Waals surface area contributed by atoms with Gasteiger partial charge in [0, 0.05) is 30.6 Å². The summed E-state index contributed by atoms with van der Waals surface area (Å²) in [6.07, 6.45) is 4.37. The molecule has 1 aliphatic rings. The molecule has 152 valence electrons. The summed E-state index contributed by atoms with van der Waals surface area (Å²) in [6.45, 7) is 1.09. The predicted octanol–water partition coefficient (Wildman–Crippen LogP) is 5.22. The van der Waals surface area contributed by atoms with Gasteiger partial charge in [-0.3, -0.25) is 9.59 Å². The molecule has 0 atom stereocenters. The van der Waals surface area contributed by atoms with Gasteiger partial charge in [0.2, 0.25) is 5.91 Å². The number of hydrogen-bond acceptors (Lipinski definition) is 3. The molecule has 2 aromatic carbocycles. The highest BCUT2D eigenvalue weighted by Crippen LogP contribution is 2.26. The van der Waals surface area contributed by atoms with Crippen molar-refractivity contribution < 1.29 is 18.4 Å². The zero-order valence-electron chi connectivity index (χ0n) is 16.5. The second-order valence-corrected chi connectivity index (χ2v) is 7.35. The van der Waals surface area contributed by atoms with E-state index >= 15 is 0 Å². The molecule has 0 N–H and O–H groups in total. The summed E-state index contributed by atoms with van der Waals surface area (Å²) in [5.74, 6) is 0.523. The van der Waals surface area contributed by atoms with Gasteiger partial charge >= 0.3 is 0 Å². The zero-order chi connectivity index (χ0) is 20.9. The Hall–Kier alpha value is -3.47. The third kappa shape index (κ3) is 4.40. The van der Waals surface area contributed by atoms with Gasteiger partial charge in [-0.1, -0.05) is 42.5 Å². The van der Waals surface area contributed by atoms with Crippen LogP contribution in [-0.2, 0) is 4.79 Å². The summed E-state index contributed by atoms with van der Waals surface area (Å²) in [6, 6.07) is 19.1. The first-order chi connectivity index (χ1) is 14.6. The second-order valence-electron chi connectivity index (χ2n) is 7.35. The van der Waals surface area contributed by atoms with Crippen LogP contribution in [-0.4, -0.2) is 29.7 Å². The first-order valence-electron chi connectivity index (χ1n) is 10.0. The van der Waals surface area contributed by atoms with Crippen LogP contribution in [0.1, 0.15) is 29.0 Å². The van der Waals surface area contributed by atoms with Crippen LogP contribution >= 0.6 is 0 Å². The number of likely N-dealkylation sites (tertiary alicyclic amines) is 1. The number of rotatable bonds is 5. The Morgan fingerprint density at radius 1 is 0.933 bits per heavy atom. The minimum absolute atomic E-state index is 0.0474. The number of Topliss-reactive ketones (excluding diaryl/α,β-unsaturated/α-hetero) is 1. The number of carbonyl (C=O) groups is 2. The van der Waals surface area contributed by atoms with E-state index in [9.17, 15) is 14.0 Å². The molecule has 1 aliphatic heterocycles. The summed E-state index contributed by atoms with van der Waals surface area (Å²) >= 11 is 0. The number of ketones is 1. The lowest BCUT2D eigenvalue weighted by atomic mass is 9.89. The lowest BCUT2D eigenvalue weighted by Gasteiger charge is -2.30. The van der Waals surface area contributed by atoms with Gasteiger partial charge in [0.25, 0.3) is 0 Å². The first kappa shape index (κ1) is 19.8. The summed E-state index contributed by atoms with van der Waals surface area (Å²) in [5, 5.41) is 0. The van der Waals surface area contributed by atoms with E-state index in [2.05, 4.69) is 0 Å². The molecule has 1 aromatic heterocycles. The topological polar surface area (TPSA) is 50.5 Å². The van der Waals surface area contributed by atoms with Crippen molar-refractivity contribution in [3.63, 3.8) is 0 Å². The standard InChI is InChI=1S/C25H22FNO3/c26-22-9-5-4-8-21(22)23-12-10-20(30-23)11-13-24(28)27-16-14-19(15-17-27)25(29)18-6-2-1-3-7-18/h1-13,19H,14-17H2. The Labute approximate surface area is 174 Å². The fraction of sp³-hybridized carbons (Fsp3) is 0.200. The second kappa shape index (κ2) is 8.91. The summed E-state index contributed by atoms with van der Waals surface area (Å²) < 4.78 is 19.5. The van der Waals surface area contributed by atoms with Gasteiger partial charge in [0.1, 0.15) is 17.3 Å². The fourth-order valence-electron chi connectivity index (χ4n) is 3.71. The van der Waals surface area contributed by atoms with Crippen molar-refractivity contribution in [2.24, 2.45) is 5.92 Å². The van der Waals surface area contributed by atoms with E-state index in [4.69, 9.17) is 4.42 Å². The van der Waals surface area contributed by atoms with Crippen LogP contribution in [0.3, 0.4) is 0 Å². The number of hydrogen-bond donors (Lipinski definition) is 0. The first-order valence-corrected chi connectivity index (χ1v) is 10.0. The molecule has 30 heavy (non-hydrogen) atoms. The fourth-order valence-corrected chi connectivity index (χ4v) is 3.71. The molecule has 0 spiro atoms. The van der Waals surface area contributed by atoms with E-state index in [1.54, 1.807) is 41.3 Å². The van der Waals surface area contributed by atoms with Gasteiger partial charge in [-0.15, -0.1) is 0 Å². The Bertz CT molecular complexity index is 1060. The lowest BCUT2D eigenvalue weighted by molar-refractivity contribution is -0.127. The molecule has 1 amide bonds. The summed E-state index contributed by atoms with van der Waals surface area (Å²) in [5.41, 5.74) is 1.11. The molecular formula is C25H22FNO3. The van der Waals surface area contributed by atoms with Crippen molar-refractivity contribution in [2.45, 2.75) is 12.8 Å². The molecule has 0 saturated carbocycles. The van der Waals surface area contributed by atoms with Crippen LogP contribution in [0.4, 0.5) is 4.39 Å². The molecule has 5 heteroatoms. The van der Waals surface area contributed by atoms with Gasteiger partial charge in [-0.2, -0.15) is 0 Å². The smallest absolute Gasteiger partial charge is 0.246 e. The normalized spacial score (nSPS) is 14.9. The van der Waals surface area contributed by atoms with E-state index in [0.29, 0.717) is 43.0 Å². The lowest BCUT2D eigenvalue weighted by Crippen LogP contribution is -2.39. The molecule has 2 heterocycles. The predicted molar refractivity (Wildman–Crippen MR) is 113 cm³/mol. The number of furan rings is 1. The summed E-state index contributed by atoms with van der Waals surface area (Å²) in [4.78, 5) is 26.8. The van der Waals surface area contributed by atoms with Crippen molar-refractivity contribution in [3.8, 4) is 11.3 Å². The van der Waals surface area contributed by atoms with Crippen molar-refractivity contribution in [1.82, 2.24) is 4.90 Å². The minimum atomic E-state index is -0.355. The number of carbonyl (C=O) groups excluding carboxylic acids is 2. The van der Waals surface area contributed by atoms with Gasteiger partial charge in [0.15, 0.2) is 5.78 Å². The maximum absolute atomic E-state index is 13.9. The Kier molecular flexibility index (Phi) is 5.89. The van der Waals surface area contributed by atoms with Crippen molar-refractivity contribution in [1.29, 1.82) is 0 Å². The Balaban J connectivity index is 1.34. The molecule has 1 saturated heterocycles. The molecule has 0 bridgehead atoms. The SMILES string of the molecule is O=C(c1ccccc1)C1CCN(C(=O)C=Cc2ccc(-c3ccccc3F)o2)CC1. The monoisotopic (exact) mass is 403 g/mol. The van der Waals surface area contributed by atoms with E-state index in [1.165, 1.54) is 12.1 Å². The van der Waals surface area contributed by atoms with Crippen LogP contribution < -0.4 is 0 Å². The highest BCUT2D eigenvalue weighted by Gasteiger charge is 2.27. The molecule has 1 fully saturated rings. The van der Waals surface area contributed by atoms with E-state index in [0.717, 1.165) is 5.56 Å². The molecule has 0 unspecified atom stereocenters. The number of halogens is 1. The Morgan fingerprint density at radius 3 is 2.37 bits per heavy atom. The largest absolute Gasteiger partial charge is 0.457 e. The molecule has 0 radical (unpaired) electrons. The van der Waals surface area contributed by atoms with Crippen molar-refractivity contribution in [2.75, 3.05) is 13.1 Å². The molecule has 3 aromatic rings. The number of nitrogens with zero attached hydrogens (tertiary/aromatic N) is 1. The maximum Gasteiger partial charge on any atom is 0.246 e. The van der Waals surface area contributed by atoms with Crippen LogP contribution in [0.2, 0.25) is 0 Å². The maximum atomic E-state index is 13.9. The van der Waals surface area contributed by atoms with Crippen LogP contribution in [0, 0.1) is 11.7 Å². The number of amides is 1. The van der Waals surface area contributed by atoms with Gasteiger partial charge in [0.05, 0.1) is 5.56 Å². The molecule has 4 rings (SSSR count). The third-order valence-corrected chi connectivity index (χ3v) is 5.39. The average molecular weight is 403 g/mol. The summed E-state index contributed by atoms with van der Waals surface area (Å²) in [7, 11) is 0. The highest BCUT2D eigenvalue weighted by molar-refractivity contribution is 5.98. The average Bonchev–Trinajstić information content (AvgIpc) is 3.27. The quantitative estimate of drug-likeness (QED) is 0.433. The Morgan fingerprint density at radius 2 is 1.63 bits per heavy atom. The van der Waals surface area contributed by atoms with Crippen LogP contribution in [0.15, 0.2) is 77.2 Å². The van der Waals surface area contributed by atoms with E-state index in [1.807, 2.05) is 30.3 Å². The number of benzene rings is 2.